The second kappa shape index (κ2) is 9.18. The van der Waals surface area contributed by atoms with Crippen molar-refractivity contribution < 1.29 is 14.0 Å². The van der Waals surface area contributed by atoms with Crippen molar-refractivity contribution in [2.24, 2.45) is 16.1 Å². The fraction of sp³-hybridized carbons (Fsp3) is 0.700. The number of hydrogen-bond acceptors (Lipinski definition) is 7. The molecule has 10 heteroatoms. The van der Waals surface area contributed by atoms with Crippen molar-refractivity contribution in [3.05, 3.63) is 12.2 Å². The summed E-state index contributed by atoms with van der Waals surface area (Å²) in [5, 5.41) is 9.42. The highest BCUT2D eigenvalue weighted by Gasteiger charge is 2.48. The zero-order chi connectivity index (χ0) is 23.0. The minimum Gasteiger partial charge on any atom is -0.397 e. The van der Waals surface area contributed by atoms with E-state index in [4.69, 9.17) is 4.43 Å². The lowest BCUT2D eigenvalue weighted by atomic mass is 9.99. The van der Waals surface area contributed by atoms with Gasteiger partial charge in [0, 0.05) is 13.6 Å². The van der Waals surface area contributed by atoms with Crippen molar-refractivity contribution in [1.82, 2.24) is 9.80 Å². The summed E-state index contributed by atoms with van der Waals surface area (Å²) in [4.78, 5) is 28.2. The number of hydrogen-bond donors (Lipinski definition) is 0. The molecule has 0 aromatic heterocycles. The van der Waals surface area contributed by atoms with Crippen LogP contribution in [0, 0.1) is 5.92 Å². The summed E-state index contributed by atoms with van der Waals surface area (Å²) < 4.78 is 6.42. The van der Waals surface area contributed by atoms with Crippen LogP contribution in [0.25, 0.3) is 0 Å². The van der Waals surface area contributed by atoms with Crippen molar-refractivity contribution in [2.75, 3.05) is 13.6 Å². The van der Waals surface area contributed by atoms with Crippen LogP contribution in [0.5, 0.6) is 0 Å². The maximum atomic E-state index is 12.8. The maximum Gasteiger partial charge on any atom is 0.267 e. The summed E-state index contributed by atoms with van der Waals surface area (Å²) in [5.74, 6) is 0.313. The number of amidine groups is 2. The highest BCUT2D eigenvalue weighted by atomic mass is 32.2. The third-order valence-corrected chi connectivity index (χ3v) is 13.0. The first-order valence-electron chi connectivity index (χ1n) is 10.1. The van der Waals surface area contributed by atoms with Gasteiger partial charge >= 0.3 is 0 Å². The van der Waals surface area contributed by atoms with E-state index in [0.717, 1.165) is 5.57 Å². The molecule has 2 unspecified atom stereocenters. The minimum absolute atomic E-state index is 0.00432. The second-order valence-corrected chi connectivity index (χ2v) is 16.1. The average Bonchev–Trinajstić information content (AvgIpc) is 3.03. The van der Waals surface area contributed by atoms with Crippen LogP contribution in [0.1, 0.15) is 41.5 Å². The molecule has 0 aromatic carbocycles. The molecular weight excluding hydrogens is 436 g/mol. The van der Waals surface area contributed by atoms with Gasteiger partial charge in [0.2, 0.25) is 5.91 Å². The molecule has 168 valence electrons. The largest absolute Gasteiger partial charge is 0.397 e. The third-order valence-electron chi connectivity index (χ3n) is 6.20. The Balaban J connectivity index is 2.21. The lowest BCUT2D eigenvalue weighted by molar-refractivity contribution is -0.129. The Morgan fingerprint density at radius 3 is 2.30 bits per heavy atom. The van der Waals surface area contributed by atoms with Crippen LogP contribution in [0.4, 0.5) is 0 Å². The van der Waals surface area contributed by atoms with Crippen molar-refractivity contribution >= 4 is 54.0 Å². The van der Waals surface area contributed by atoms with Gasteiger partial charge in [-0.3, -0.25) is 19.4 Å². The molecular formula is C20H34N4O3S2Si. The highest BCUT2D eigenvalue weighted by Crippen LogP contribution is 2.46. The van der Waals surface area contributed by atoms with Gasteiger partial charge in [-0.05, 0) is 49.7 Å². The van der Waals surface area contributed by atoms with E-state index in [0.29, 0.717) is 22.8 Å². The van der Waals surface area contributed by atoms with E-state index in [1.807, 2.05) is 13.8 Å². The van der Waals surface area contributed by atoms with Crippen LogP contribution in [0.15, 0.2) is 22.4 Å². The van der Waals surface area contributed by atoms with E-state index in [2.05, 4.69) is 57.6 Å². The molecule has 0 saturated carbocycles. The minimum atomic E-state index is -2.18. The zero-order valence-corrected chi connectivity index (χ0v) is 22.1. The lowest BCUT2D eigenvalue weighted by Crippen LogP contribution is -2.48. The number of likely N-dealkylation sites (N-methyl/N-ethyl adjacent to an activating group) is 1. The quantitative estimate of drug-likeness (QED) is 0.314. The predicted molar refractivity (Wildman–Crippen MR) is 130 cm³/mol. The SMILES string of the molecule is C=C(C)CN1C(=O)C(C)SC1=NN=C1SC(O[Si](C)(C)C(C)(C)C(C)C)C(=O)N1C. The Bertz CT molecular complexity index is 795. The molecule has 0 radical (unpaired) electrons. The molecule has 7 nitrogen and oxygen atoms in total. The normalized spacial score (nSPS) is 26.1. The van der Waals surface area contributed by atoms with Gasteiger partial charge in [0.25, 0.3) is 5.91 Å². The van der Waals surface area contributed by atoms with Crippen LogP contribution in [-0.2, 0) is 14.0 Å². The fourth-order valence-corrected chi connectivity index (χ4v) is 7.87. The molecule has 0 aliphatic carbocycles. The van der Waals surface area contributed by atoms with E-state index in [1.165, 1.54) is 28.4 Å². The van der Waals surface area contributed by atoms with Gasteiger partial charge in [-0.1, -0.05) is 51.6 Å². The number of carbonyl (C=O) groups is 2. The molecule has 30 heavy (non-hydrogen) atoms. The van der Waals surface area contributed by atoms with Crippen LogP contribution in [-0.4, -0.2) is 64.5 Å². The topological polar surface area (TPSA) is 74.6 Å². The van der Waals surface area contributed by atoms with Gasteiger partial charge in [-0.15, -0.1) is 10.2 Å². The van der Waals surface area contributed by atoms with Crippen molar-refractivity contribution in [2.45, 2.75) is 70.4 Å². The van der Waals surface area contributed by atoms with Crippen LogP contribution in [0.3, 0.4) is 0 Å². The highest BCUT2D eigenvalue weighted by molar-refractivity contribution is 8.16. The molecule has 2 heterocycles. The first-order valence-corrected chi connectivity index (χ1v) is 14.8. The van der Waals surface area contributed by atoms with E-state index in [1.54, 1.807) is 11.9 Å². The predicted octanol–water partition coefficient (Wildman–Crippen LogP) is 4.34. The molecule has 2 atom stereocenters. The molecule has 2 aliphatic heterocycles. The van der Waals surface area contributed by atoms with Crippen LogP contribution < -0.4 is 0 Å². The Hall–Kier alpha value is -1.10. The summed E-state index contributed by atoms with van der Waals surface area (Å²) in [6.45, 7) is 21.1. The Kier molecular flexibility index (Phi) is 7.70. The maximum absolute atomic E-state index is 12.8. The molecule has 2 aliphatic rings. The summed E-state index contributed by atoms with van der Waals surface area (Å²) in [6.07, 6.45) is 0. The standard InChI is InChI=1S/C20H34N4O3S2Si/c1-12(2)11-24-15(25)14(5)28-19(24)22-21-18-23(8)16(26)17(29-18)27-30(9,10)20(6,7)13(3)4/h13-14,17H,1,11H2,2-10H3. The monoisotopic (exact) mass is 470 g/mol. The van der Waals surface area contributed by atoms with Gasteiger partial charge in [0.1, 0.15) is 0 Å². The number of rotatable bonds is 7. The van der Waals surface area contributed by atoms with Gasteiger partial charge in [-0.25, -0.2) is 0 Å². The first kappa shape index (κ1) is 25.2. The van der Waals surface area contributed by atoms with Crippen LogP contribution in [0.2, 0.25) is 18.1 Å². The Morgan fingerprint density at radius 1 is 1.20 bits per heavy atom. The van der Waals surface area contributed by atoms with Crippen LogP contribution >= 0.6 is 23.5 Å². The third kappa shape index (κ3) is 5.03. The van der Waals surface area contributed by atoms with E-state index >= 15 is 0 Å². The molecule has 2 amide bonds. The average molecular weight is 471 g/mol. The van der Waals surface area contributed by atoms with E-state index < -0.39 is 13.8 Å². The van der Waals surface area contributed by atoms with Gasteiger partial charge < -0.3 is 4.43 Å². The molecule has 2 rings (SSSR count). The molecule has 2 fully saturated rings. The molecule has 0 N–H and O–H groups in total. The van der Waals surface area contributed by atoms with E-state index in [9.17, 15) is 9.59 Å². The van der Waals surface area contributed by atoms with Crippen molar-refractivity contribution in [3.63, 3.8) is 0 Å². The molecule has 0 spiro atoms. The van der Waals surface area contributed by atoms with Crippen molar-refractivity contribution in [1.29, 1.82) is 0 Å². The summed E-state index contributed by atoms with van der Waals surface area (Å²) in [7, 11) is -0.500. The van der Waals surface area contributed by atoms with Crippen molar-refractivity contribution in [3.8, 4) is 0 Å². The number of amides is 2. The van der Waals surface area contributed by atoms with Gasteiger partial charge in [0.05, 0.1) is 5.25 Å². The van der Waals surface area contributed by atoms with Gasteiger partial charge in [-0.2, -0.15) is 0 Å². The number of nitrogens with zero attached hydrogens (tertiary/aromatic N) is 4. The molecule has 2 saturated heterocycles. The van der Waals surface area contributed by atoms with Gasteiger partial charge in [0.15, 0.2) is 24.1 Å². The smallest absolute Gasteiger partial charge is 0.267 e. The Labute approximate surface area is 189 Å². The van der Waals surface area contributed by atoms with E-state index in [-0.39, 0.29) is 22.1 Å². The lowest BCUT2D eigenvalue weighted by Gasteiger charge is -2.43. The zero-order valence-electron chi connectivity index (χ0n) is 19.5. The Morgan fingerprint density at radius 2 is 1.77 bits per heavy atom. The summed E-state index contributed by atoms with van der Waals surface area (Å²) >= 11 is 2.65. The number of thioether (sulfide) groups is 2. The summed E-state index contributed by atoms with van der Waals surface area (Å²) in [6, 6.07) is 0. The first-order chi connectivity index (χ1) is 13.7. The molecule has 0 aromatic rings. The fourth-order valence-electron chi connectivity index (χ4n) is 2.92. The second-order valence-electron chi connectivity index (χ2n) is 9.26. The summed E-state index contributed by atoms with van der Waals surface area (Å²) in [5.41, 5.74) is 0.256. The number of carbonyl (C=O) groups excluding carboxylic acids is 2. The molecule has 0 bridgehead atoms.